The van der Waals surface area contributed by atoms with Gasteiger partial charge in [-0.05, 0) is 19.3 Å². The predicted octanol–water partition coefficient (Wildman–Crippen LogP) is 2.94. The van der Waals surface area contributed by atoms with Gasteiger partial charge < -0.3 is 8.85 Å². The molecule has 1 unspecified atom stereocenters. The molecule has 0 heterocycles. The first-order valence-corrected chi connectivity index (χ1v) is 8.46. The topological polar surface area (TPSA) is 30.5 Å². The van der Waals surface area contributed by atoms with E-state index in [1.807, 2.05) is 0 Å². The van der Waals surface area contributed by atoms with Crippen molar-refractivity contribution >= 4 is 8.72 Å². The third kappa shape index (κ3) is 3.29. The Labute approximate surface area is 101 Å². The van der Waals surface area contributed by atoms with E-state index in [-0.39, 0.29) is 0 Å². The van der Waals surface area contributed by atoms with Gasteiger partial charge in [0.05, 0.1) is 0 Å². The van der Waals surface area contributed by atoms with Gasteiger partial charge in [0.15, 0.2) is 0 Å². The third-order valence-corrected chi connectivity index (χ3v) is 7.57. The molecule has 0 amide bonds. The van der Waals surface area contributed by atoms with Gasteiger partial charge in [-0.3, -0.25) is 4.98 Å². The highest BCUT2D eigenvalue weighted by Gasteiger charge is 2.46. The lowest BCUT2D eigenvalue weighted by Crippen LogP contribution is -2.61. The molecule has 1 rings (SSSR count). The first-order valence-electron chi connectivity index (χ1n) is 6.56. The number of rotatable bonds is 6. The van der Waals surface area contributed by atoms with Crippen molar-refractivity contribution in [1.82, 2.24) is 4.98 Å². The van der Waals surface area contributed by atoms with Gasteiger partial charge in [0.2, 0.25) is 0 Å². The Morgan fingerprint density at radius 1 is 1.19 bits per heavy atom. The standard InChI is InChI=1S/C12H27NO2Si/c1-5-11(2)13-16(14-3,15-4)12-9-7-6-8-10-12/h11-13H,5-10H2,1-4H3. The average molecular weight is 245 g/mol. The van der Waals surface area contributed by atoms with Gasteiger partial charge in [0, 0.05) is 25.8 Å². The summed E-state index contributed by atoms with van der Waals surface area (Å²) in [5.41, 5.74) is 0.616. The Morgan fingerprint density at radius 3 is 2.19 bits per heavy atom. The van der Waals surface area contributed by atoms with Gasteiger partial charge in [0.1, 0.15) is 0 Å². The summed E-state index contributed by atoms with van der Waals surface area (Å²) < 4.78 is 11.6. The highest BCUT2D eigenvalue weighted by Crippen LogP contribution is 2.36. The zero-order valence-electron chi connectivity index (χ0n) is 11.2. The number of nitrogens with one attached hydrogen (secondary N) is 1. The lowest BCUT2D eigenvalue weighted by molar-refractivity contribution is 0.197. The molecule has 96 valence electrons. The highest BCUT2D eigenvalue weighted by atomic mass is 28.4. The van der Waals surface area contributed by atoms with E-state index >= 15 is 0 Å². The van der Waals surface area contributed by atoms with Crippen molar-refractivity contribution in [2.45, 2.75) is 64.0 Å². The molecule has 1 atom stereocenters. The van der Waals surface area contributed by atoms with Gasteiger partial charge >= 0.3 is 8.72 Å². The second kappa shape index (κ2) is 6.74. The summed E-state index contributed by atoms with van der Waals surface area (Å²) in [4.78, 5) is 3.64. The Bertz CT molecular complexity index is 191. The Balaban J connectivity index is 2.68. The zero-order valence-corrected chi connectivity index (χ0v) is 12.2. The van der Waals surface area contributed by atoms with Crippen LogP contribution in [0.15, 0.2) is 0 Å². The summed E-state index contributed by atoms with van der Waals surface area (Å²) in [5.74, 6) is 0. The molecule has 0 aliphatic heterocycles. The van der Waals surface area contributed by atoms with Crippen LogP contribution in [0.1, 0.15) is 52.4 Å². The quantitative estimate of drug-likeness (QED) is 0.730. The molecule has 1 aliphatic carbocycles. The molecule has 0 saturated heterocycles. The number of hydrogen-bond donors (Lipinski definition) is 1. The summed E-state index contributed by atoms with van der Waals surface area (Å²) in [5, 5.41) is 0. The van der Waals surface area contributed by atoms with Crippen LogP contribution in [0.5, 0.6) is 0 Å². The summed E-state index contributed by atoms with van der Waals surface area (Å²) in [6, 6.07) is 0.480. The second-order valence-corrected chi connectivity index (χ2v) is 8.12. The normalized spacial score (nSPS) is 21.0. The van der Waals surface area contributed by atoms with Crippen molar-refractivity contribution in [3.63, 3.8) is 0 Å². The molecule has 0 spiro atoms. The van der Waals surface area contributed by atoms with E-state index in [0.717, 1.165) is 6.42 Å². The molecule has 1 fully saturated rings. The fourth-order valence-corrected chi connectivity index (χ4v) is 5.94. The molecular weight excluding hydrogens is 218 g/mol. The van der Waals surface area contributed by atoms with Crippen LogP contribution >= 0.6 is 0 Å². The van der Waals surface area contributed by atoms with E-state index in [9.17, 15) is 0 Å². The molecule has 4 heteroatoms. The van der Waals surface area contributed by atoms with Crippen LogP contribution in [0.3, 0.4) is 0 Å². The molecule has 0 aromatic rings. The largest absolute Gasteiger partial charge is 0.427 e. The molecule has 1 N–H and O–H groups in total. The molecule has 0 radical (unpaired) electrons. The van der Waals surface area contributed by atoms with E-state index in [2.05, 4.69) is 18.8 Å². The molecule has 0 aromatic heterocycles. The first kappa shape index (κ1) is 14.2. The van der Waals surface area contributed by atoms with Crippen LogP contribution in [0, 0.1) is 0 Å². The van der Waals surface area contributed by atoms with E-state index < -0.39 is 8.72 Å². The molecule has 1 saturated carbocycles. The minimum Gasteiger partial charge on any atom is -0.386 e. The van der Waals surface area contributed by atoms with Crippen LogP contribution in [-0.4, -0.2) is 29.0 Å². The highest BCUT2D eigenvalue weighted by molar-refractivity contribution is 6.66. The fourth-order valence-electron chi connectivity index (χ4n) is 2.58. The summed E-state index contributed by atoms with van der Waals surface area (Å²) in [6.07, 6.45) is 7.67. The van der Waals surface area contributed by atoms with Gasteiger partial charge in [-0.25, -0.2) is 0 Å². The minimum atomic E-state index is -2.18. The maximum atomic E-state index is 5.80. The predicted molar refractivity (Wildman–Crippen MR) is 69.5 cm³/mol. The lowest BCUT2D eigenvalue weighted by atomic mass is 10.0. The fraction of sp³-hybridized carbons (Fsp3) is 1.00. The molecule has 16 heavy (non-hydrogen) atoms. The van der Waals surface area contributed by atoms with Crippen molar-refractivity contribution in [3.05, 3.63) is 0 Å². The summed E-state index contributed by atoms with van der Waals surface area (Å²) >= 11 is 0. The van der Waals surface area contributed by atoms with Crippen LogP contribution < -0.4 is 4.98 Å². The maximum absolute atomic E-state index is 5.80. The Morgan fingerprint density at radius 2 is 1.75 bits per heavy atom. The molecule has 0 bridgehead atoms. The Hall–Kier alpha value is 0.0969. The minimum absolute atomic E-state index is 0.480. The van der Waals surface area contributed by atoms with Gasteiger partial charge in [0.25, 0.3) is 0 Å². The lowest BCUT2D eigenvalue weighted by Gasteiger charge is -2.38. The van der Waals surface area contributed by atoms with Crippen LogP contribution in [-0.2, 0) is 8.85 Å². The van der Waals surface area contributed by atoms with Gasteiger partial charge in [-0.15, -0.1) is 0 Å². The average Bonchev–Trinajstić information content (AvgIpc) is 2.37. The van der Waals surface area contributed by atoms with Gasteiger partial charge in [-0.1, -0.05) is 33.1 Å². The molecule has 3 nitrogen and oxygen atoms in total. The van der Waals surface area contributed by atoms with Crippen molar-refractivity contribution in [2.24, 2.45) is 0 Å². The van der Waals surface area contributed by atoms with Crippen molar-refractivity contribution < 1.29 is 8.85 Å². The van der Waals surface area contributed by atoms with Gasteiger partial charge in [-0.2, -0.15) is 0 Å². The smallest absolute Gasteiger partial charge is 0.386 e. The molecular formula is C12H27NO2Si. The first-order chi connectivity index (χ1) is 7.68. The van der Waals surface area contributed by atoms with E-state index in [1.54, 1.807) is 14.2 Å². The van der Waals surface area contributed by atoms with E-state index in [4.69, 9.17) is 8.85 Å². The zero-order chi connectivity index (χ0) is 12.0. The maximum Gasteiger partial charge on any atom is 0.427 e. The summed E-state index contributed by atoms with van der Waals surface area (Å²) in [6.45, 7) is 4.41. The summed E-state index contributed by atoms with van der Waals surface area (Å²) in [7, 11) is 1.43. The third-order valence-electron chi connectivity index (χ3n) is 3.81. The van der Waals surface area contributed by atoms with E-state index in [0.29, 0.717) is 11.6 Å². The molecule has 0 aromatic carbocycles. The van der Waals surface area contributed by atoms with Crippen molar-refractivity contribution in [3.8, 4) is 0 Å². The van der Waals surface area contributed by atoms with Crippen LogP contribution in [0.25, 0.3) is 0 Å². The second-order valence-electron chi connectivity index (χ2n) is 4.86. The van der Waals surface area contributed by atoms with Crippen molar-refractivity contribution in [2.75, 3.05) is 14.2 Å². The van der Waals surface area contributed by atoms with Crippen LogP contribution in [0.4, 0.5) is 0 Å². The SMILES string of the molecule is CCC(C)N[Si](OC)(OC)C1CCCCC1. The molecule has 1 aliphatic rings. The monoisotopic (exact) mass is 245 g/mol. The number of hydrogen-bond acceptors (Lipinski definition) is 3. The van der Waals surface area contributed by atoms with Crippen molar-refractivity contribution in [1.29, 1.82) is 0 Å². The van der Waals surface area contributed by atoms with E-state index in [1.165, 1.54) is 32.1 Å². The van der Waals surface area contributed by atoms with Crippen LogP contribution in [0.2, 0.25) is 5.54 Å². The Kier molecular flexibility index (Phi) is 5.96.